The molecule has 8 heteroatoms. The zero-order valence-electron chi connectivity index (χ0n) is 13.3. The smallest absolute Gasteiger partial charge is 0.348 e. The SMILES string of the molecule is O=C(NCc1ccc(F)cc1C(F)(F)F)c1cn[nH]c1-c1ccccc1. The lowest BCUT2D eigenvalue weighted by atomic mass is 10.1. The van der Waals surface area contributed by atoms with Crippen molar-refractivity contribution in [3.05, 3.63) is 77.2 Å². The van der Waals surface area contributed by atoms with Crippen LogP contribution in [0.4, 0.5) is 17.6 Å². The van der Waals surface area contributed by atoms with E-state index in [2.05, 4.69) is 15.5 Å². The number of benzene rings is 2. The van der Waals surface area contributed by atoms with Crippen LogP contribution in [0.15, 0.2) is 54.7 Å². The van der Waals surface area contributed by atoms with Crippen LogP contribution in [0.1, 0.15) is 21.5 Å². The van der Waals surface area contributed by atoms with Crippen LogP contribution in [0, 0.1) is 5.82 Å². The van der Waals surface area contributed by atoms with Gasteiger partial charge in [-0.05, 0) is 17.7 Å². The predicted octanol–water partition coefficient (Wildman–Crippen LogP) is 4.16. The number of nitrogens with zero attached hydrogens (tertiary/aromatic N) is 1. The van der Waals surface area contributed by atoms with E-state index in [0.717, 1.165) is 12.1 Å². The molecule has 0 spiro atoms. The van der Waals surface area contributed by atoms with E-state index >= 15 is 0 Å². The Morgan fingerprint density at radius 1 is 1.12 bits per heavy atom. The topological polar surface area (TPSA) is 57.8 Å². The van der Waals surface area contributed by atoms with Gasteiger partial charge in [0.1, 0.15) is 5.82 Å². The van der Waals surface area contributed by atoms with Crippen LogP contribution in [0.2, 0.25) is 0 Å². The third-order valence-corrected chi connectivity index (χ3v) is 3.76. The van der Waals surface area contributed by atoms with Gasteiger partial charge in [-0.15, -0.1) is 0 Å². The maximum absolute atomic E-state index is 13.1. The maximum atomic E-state index is 13.1. The van der Waals surface area contributed by atoms with Crippen LogP contribution >= 0.6 is 0 Å². The van der Waals surface area contributed by atoms with Gasteiger partial charge in [0.25, 0.3) is 5.91 Å². The van der Waals surface area contributed by atoms with Crippen LogP contribution in [-0.2, 0) is 12.7 Å². The first-order valence-corrected chi connectivity index (χ1v) is 7.59. The zero-order valence-corrected chi connectivity index (χ0v) is 13.3. The summed E-state index contributed by atoms with van der Waals surface area (Å²) in [5, 5.41) is 8.95. The van der Waals surface area contributed by atoms with Gasteiger partial charge < -0.3 is 5.32 Å². The van der Waals surface area contributed by atoms with Crippen LogP contribution in [0.25, 0.3) is 11.3 Å². The number of H-pyrrole nitrogens is 1. The molecular weight excluding hydrogens is 350 g/mol. The number of hydrogen-bond donors (Lipinski definition) is 2. The summed E-state index contributed by atoms with van der Waals surface area (Å²) in [6.07, 6.45) is -3.42. The highest BCUT2D eigenvalue weighted by molar-refractivity contribution is 5.99. The summed E-state index contributed by atoms with van der Waals surface area (Å²) >= 11 is 0. The Balaban J connectivity index is 1.81. The van der Waals surface area contributed by atoms with Gasteiger partial charge in [-0.25, -0.2) is 4.39 Å². The lowest BCUT2D eigenvalue weighted by Gasteiger charge is -2.13. The van der Waals surface area contributed by atoms with Gasteiger partial charge in [0.05, 0.1) is 23.0 Å². The number of hydrogen-bond acceptors (Lipinski definition) is 2. The van der Waals surface area contributed by atoms with Crippen molar-refractivity contribution >= 4 is 5.91 Å². The molecule has 0 fully saturated rings. The highest BCUT2D eigenvalue weighted by Gasteiger charge is 2.33. The summed E-state index contributed by atoms with van der Waals surface area (Å²) in [4.78, 5) is 12.4. The molecule has 0 saturated heterocycles. The number of carbonyl (C=O) groups is 1. The third-order valence-electron chi connectivity index (χ3n) is 3.76. The number of nitrogens with one attached hydrogen (secondary N) is 2. The molecule has 1 aromatic heterocycles. The molecule has 0 saturated carbocycles. The summed E-state index contributed by atoms with van der Waals surface area (Å²) in [5.41, 5.74) is 0.0308. The normalized spacial score (nSPS) is 11.4. The molecule has 2 N–H and O–H groups in total. The van der Waals surface area contributed by atoms with Crippen molar-refractivity contribution in [1.29, 1.82) is 0 Å². The number of rotatable bonds is 4. The Kier molecular flexibility index (Phi) is 4.75. The molecular formula is C18H13F4N3O. The van der Waals surface area contributed by atoms with E-state index in [1.165, 1.54) is 6.20 Å². The summed E-state index contributed by atoms with van der Waals surface area (Å²) in [5.74, 6) is -1.58. The molecule has 0 aliphatic heterocycles. The van der Waals surface area contributed by atoms with Crippen molar-refractivity contribution in [3.8, 4) is 11.3 Å². The molecule has 0 atom stereocenters. The van der Waals surface area contributed by atoms with E-state index in [9.17, 15) is 22.4 Å². The summed E-state index contributed by atoms with van der Waals surface area (Å²) in [7, 11) is 0. The second-order valence-corrected chi connectivity index (χ2v) is 5.51. The van der Waals surface area contributed by atoms with Crippen LogP contribution < -0.4 is 5.32 Å². The van der Waals surface area contributed by atoms with Gasteiger partial charge in [-0.3, -0.25) is 9.89 Å². The molecule has 0 aliphatic carbocycles. The van der Waals surface area contributed by atoms with Gasteiger partial charge in [-0.1, -0.05) is 36.4 Å². The molecule has 1 amide bonds. The molecule has 0 unspecified atom stereocenters. The highest BCUT2D eigenvalue weighted by Crippen LogP contribution is 2.32. The summed E-state index contributed by atoms with van der Waals surface area (Å²) < 4.78 is 52.2. The van der Waals surface area contributed by atoms with E-state index < -0.39 is 30.0 Å². The number of halogens is 4. The van der Waals surface area contributed by atoms with Crippen LogP contribution in [0.3, 0.4) is 0 Å². The van der Waals surface area contributed by atoms with E-state index in [4.69, 9.17) is 0 Å². The molecule has 26 heavy (non-hydrogen) atoms. The minimum atomic E-state index is -4.72. The van der Waals surface area contributed by atoms with E-state index in [-0.39, 0.29) is 11.1 Å². The number of aromatic amines is 1. The molecule has 3 aromatic rings. The van der Waals surface area contributed by atoms with Crippen molar-refractivity contribution < 1.29 is 22.4 Å². The molecule has 0 radical (unpaired) electrons. The van der Waals surface area contributed by atoms with Crippen LogP contribution in [-0.4, -0.2) is 16.1 Å². The zero-order chi connectivity index (χ0) is 18.7. The largest absolute Gasteiger partial charge is 0.416 e. The Morgan fingerprint density at radius 2 is 1.85 bits per heavy atom. The molecule has 2 aromatic carbocycles. The number of alkyl halides is 3. The molecule has 134 valence electrons. The average molecular weight is 363 g/mol. The number of amides is 1. The summed E-state index contributed by atoms with van der Waals surface area (Å²) in [6, 6.07) is 11.3. The number of carbonyl (C=O) groups excluding carboxylic acids is 1. The Labute approximate surface area is 145 Å². The van der Waals surface area contributed by atoms with Crippen molar-refractivity contribution in [2.45, 2.75) is 12.7 Å². The first kappa shape index (κ1) is 17.7. The third kappa shape index (κ3) is 3.74. The van der Waals surface area contributed by atoms with E-state index in [1.54, 1.807) is 24.3 Å². The van der Waals surface area contributed by atoms with E-state index in [0.29, 0.717) is 17.3 Å². The standard InChI is InChI=1S/C18H13F4N3O/c19-13-7-6-12(15(8-13)18(20,21)22)9-23-17(26)14-10-24-25-16(14)11-4-2-1-3-5-11/h1-8,10H,9H2,(H,23,26)(H,24,25). The maximum Gasteiger partial charge on any atom is 0.416 e. The minimum Gasteiger partial charge on any atom is -0.348 e. The van der Waals surface area contributed by atoms with Crippen molar-refractivity contribution in [1.82, 2.24) is 15.5 Å². The fraction of sp³-hybridized carbons (Fsp3) is 0.111. The fourth-order valence-corrected chi connectivity index (χ4v) is 2.52. The van der Waals surface area contributed by atoms with Gasteiger partial charge in [0.2, 0.25) is 0 Å². The van der Waals surface area contributed by atoms with Gasteiger partial charge >= 0.3 is 6.18 Å². The first-order valence-electron chi connectivity index (χ1n) is 7.59. The second-order valence-electron chi connectivity index (χ2n) is 5.51. The molecule has 0 aliphatic rings. The van der Waals surface area contributed by atoms with Crippen molar-refractivity contribution in [3.63, 3.8) is 0 Å². The van der Waals surface area contributed by atoms with Gasteiger partial charge in [-0.2, -0.15) is 18.3 Å². The van der Waals surface area contributed by atoms with Crippen LogP contribution in [0.5, 0.6) is 0 Å². The lowest BCUT2D eigenvalue weighted by Crippen LogP contribution is -2.24. The van der Waals surface area contributed by atoms with Crippen molar-refractivity contribution in [2.24, 2.45) is 0 Å². The fourth-order valence-electron chi connectivity index (χ4n) is 2.52. The molecule has 3 rings (SSSR count). The number of aromatic nitrogens is 2. The lowest BCUT2D eigenvalue weighted by molar-refractivity contribution is -0.138. The first-order chi connectivity index (χ1) is 12.4. The second kappa shape index (κ2) is 6.99. The molecule has 4 nitrogen and oxygen atoms in total. The quantitative estimate of drug-likeness (QED) is 0.684. The molecule has 0 bridgehead atoms. The Morgan fingerprint density at radius 3 is 2.54 bits per heavy atom. The monoisotopic (exact) mass is 363 g/mol. The van der Waals surface area contributed by atoms with Crippen molar-refractivity contribution in [2.75, 3.05) is 0 Å². The minimum absolute atomic E-state index is 0.201. The summed E-state index contributed by atoms with van der Waals surface area (Å²) in [6.45, 7) is -0.395. The molecule has 1 heterocycles. The van der Waals surface area contributed by atoms with Gasteiger partial charge in [0, 0.05) is 12.1 Å². The van der Waals surface area contributed by atoms with E-state index in [1.807, 2.05) is 6.07 Å². The predicted molar refractivity (Wildman–Crippen MR) is 86.6 cm³/mol. The average Bonchev–Trinajstić information content (AvgIpc) is 3.10. The van der Waals surface area contributed by atoms with Gasteiger partial charge in [0.15, 0.2) is 0 Å². The Hall–Kier alpha value is -3.16. The highest BCUT2D eigenvalue weighted by atomic mass is 19.4. The Bertz CT molecular complexity index is 920.